The van der Waals surface area contributed by atoms with Crippen molar-refractivity contribution < 1.29 is 9.90 Å². The highest BCUT2D eigenvalue weighted by Crippen LogP contribution is 2.19. The summed E-state index contributed by atoms with van der Waals surface area (Å²) in [7, 11) is 0. The lowest BCUT2D eigenvalue weighted by molar-refractivity contribution is 0.0697. The molecule has 2 rings (SSSR count). The second-order valence-electron chi connectivity index (χ2n) is 3.66. The number of hydrogen-bond donors (Lipinski definition) is 4. The number of carbonyl (C=O) groups is 1. The van der Waals surface area contributed by atoms with E-state index in [0.717, 1.165) is 0 Å². The van der Waals surface area contributed by atoms with Crippen LogP contribution in [0, 0.1) is 0 Å². The first-order chi connectivity index (χ1) is 8.01. The first-order valence-corrected chi connectivity index (χ1v) is 4.93. The summed E-state index contributed by atoms with van der Waals surface area (Å²) >= 11 is 0. The molecule has 0 saturated carbocycles. The monoisotopic (exact) mass is 268 g/mol. The van der Waals surface area contributed by atoms with Gasteiger partial charge in [0.1, 0.15) is 5.84 Å². The van der Waals surface area contributed by atoms with Crippen molar-refractivity contribution in [3.05, 3.63) is 47.7 Å². The second-order valence-corrected chi connectivity index (χ2v) is 3.66. The summed E-state index contributed by atoms with van der Waals surface area (Å²) in [5, 5.41) is 11.7. The van der Waals surface area contributed by atoms with Crippen LogP contribution in [0.4, 0.5) is 0 Å². The van der Waals surface area contributed by atoms with Gasteiger partial charge in [0.05, 0.1) is 5.56 Å². The molecule has 0 spiro atoms. The van der Waals surface area contributed by atoms with Crippen molar-refractivity contribution in [3.8, 4) is 0 Å². The molecule has 1 atom stereocenters. The number of carboxylic acids is 1. The van der Waals surface area contributed by atoms with Crippen molar-refractivity contribution in [1.29, 1.82) is 0 Å². The summed E-state index contributed by atoms with van der Waals surface area (Å²) in [5.41, 5.74) is 12.4. The van der Waals surface area contributed by atoms with Crippen molar-refractivity contribution in [2.45, 2.75) is 5.79 Å². The number of nitrogens with two attached hydrogens (primary N) is 2. The maximum absolute atomic E-state index is 10.7. The largest absolute Gasteiger partial charge is 0.478 e. The highest BCUT2D eigenvalue weighted by molar-refractivity contribution is 5.92. The van der Waals surface area contributed by atoms with E-state index in [1.54, 1.807) is 24.4 Å². The number of benzene rings is 1. The van der Waals surface area contributed by atoms with Crippen LogP contribution < -0.4 is 16.8 Å². The zero-order valence-corrected chi connectivity index (χ0v) is 10.1. The maximum Gasteiger partial charge on any atom is 0.335 e. The molecule has 1 heterocycles. The maximum atomic E-state index is 10.7. The first kappa shape index (κ1) is 14.0. The van der Waals surface area contributed by atoms with Gasteiger partial charge in [0.15, 0.2) is 0 Å². The molecule has 0 aliphatic carbocycles. The Bertz CT molecular complexity index is 512. The van der Waals surface area contributed by atoms with E-state index in [4.69, 9.17) is 16.6 Å². The molecule has 0 aromatic heterocycles. The van der Waals surface area contributed by atoms with Crippen LogP contribution in [0.3, 0.4) is 0 Å². The van der Waals surface area contributed by atoms with E-state index in [-0.39, 0.29) is 18.0 Å². The lowest BCUT2D eigenvalue weighted by Crippen LogP contribution is -2.49. The van der Waals surface area contributed by atoms with Crippen LogP contribution in [0.1, 0.15) is 15.9 Å². The van der Waals surface area contributed by atoms with Crippen LogP contribution in [0.2, 0.25) is 0 Å². The fourth-order valence-corrected chi connectivity index (χ4v) is 1.54. The van der Waals surface area contributed by atoms with E-state index >= 15 is 0 Å². The fraction of sp³-hybridized carbons (Fsp3) is 0.0909. The number of nitrogens with zero attached hydrogens (tertiary/aromatic N) is 1. The lowest BCUT2D eigenvalue weighted by atomic mass is 10.1. The van der Waals surface area contributed by atoms with E-state index in [9.17, 15) is 4.79 Å². The summed E-state index contributed by atoms with van der Waals surface area (Å²) in [6.07, 6.45) is 3.20. The SMILES string of the molecule is Cl.NC1=NC(N)(c2ccc(C(=O)O)cc2)NC=C1. The van der Waals surface area contributed by atoms with Crippen LogP contribution in [0.25, 0.3) is 0 Å². The predicted octanol–water partition coefficient (Wildman–Crippen LogP) is 0.350. The van der Waals surface area contributed by atoms with E-state index < -0.39 is 11.8 Å². The average Bonchev–Trinajstić information content (AvgIpc) is 2.29. The number of halogens is 1. The molecule has 0 saturated heterocycles. The van der Waals surface area contributed by atoms with Gasteiger partial charge in [-0.2, -0.15) is 0 Å². The highest BCUT2D eigenvalue weighted by atomic mass is 35.5. The van der Waals surface area contributed by atoms with Gasteiger partial charge in [-0.25, -0.2) is 9.79 Å². The number of rotatable bonds is 2. The smallest absolute Gasteiger partial charge is 0.335 e. The molecule has 0 amide bonds. The predicted molar refractivity (Wildman–Crippen MR) is 70.4 cm³/mol. The zero-order valence-electron chi connectivity index (χ0n) is 9.33. The molecule has 1 aromatic rings. The Balaban J connectivity index is 0.00000162. The summed E-state index contributed by atoms with van der Waals surface area (Å²) in [5.74, 6) is -1.81. The normalized spacial score (nSPS) is 21.5. The molecule has 1 aliphatic rings. The Morgan fingerprint density at radius 1 is 1.33 bits per heavy atom. The van der Waals surface area contributed by atoms with Crippen LogP contribution in [0.5, 0.6) is 0 Å². The molecule has 96 valence electrons. The highest BCUT2D eigenvalue weighted by Gasteiger charge is 2.27. The zero-order chi connectivity index (χ0) is 12.5. The van der Waals surface area contributed by atoms with Crippen molar-refractivity contribution in [1.82, 2.24) is 5.32 Å². The minimum atomic E-state index is -1.14. The minimum absolute atomic E-state index is 0. The van der Waals surface area contributed by atoms with Crippen molar-refractivity contribution in [2.75, 3.05) is 0 Å². The number of amidine groups is 1. The molecule has 0 fully saturated rings. The molecule has 6 nitrogen and oxygen atoms in total. The van der Waals surface area contributed by atoms with Crippen LogP contribution in [-0.4, -0.2) is 16.9 Å². The quantitative estimate of drug-likeness (QED) is 0.618. The third kappa shape index (κ3) is 2.61. The molecular formula is C11H13ClN4O2. The number of carboxylic acid groups (broad SMARTS) is 1. The average molecular weight is 269 g/mol. The number of nitrogens with one attached hydrogen (secondary N) is 1. The Morgan fingerprint density at radius 3 is 2.44 bits per heavy atom. The summed E-state index contributed by atoms with van der Waals surface area (Å²) in [4.78, 5) is 14.8. The molecule has 1 aliphatic heterocycles. The van der Waals surface area contributed by atoms with Crippen LogP contribution >= 0.6 is 12.4 Å². The van der Waals surface area contributed by atoms with Gasteiger partial charge in [-0.05, 0) is 18.2 Å². The van der Waals surface area contributed by atoms with E-state index in [2.05, 4.69) is 10.3 Å². The number of hydrogen-bond acceptors (Lipinski definition) is 5. The number of aromatic carboxylic acids is 1. The molecule has 0 radical (unpaired) electrons. The molecule has 18 heavy (non-hydrogen) atoms. The lowest BCUT2D eigenvalue weighted by Gasteiger charge is -2.28. The van der Waals surface area contributed by atoms with Gasteiger partial charge >= 0.3 is 5.97 Å². The minimum Gasteiger partial charge on any atom is -0.478 e. The standard InChI is InChI=1S/C11H12N4O2.ClH/c12-9-5-6-14-11(13,15-9)8-3-1-7(2-4-8)10(16)17;/h1-6,14H,13H2,(H2,12,15)(H,16,17);1H. The van der Waals surface area contributed by atoms with Crippen molar-refractivity contribution in [2.24, 2.45) is 16.5 Å². The van der Waals surface area contributed by atoms with Gasteiger partial charge < -0.3 is 16.2 Å². The van der Waals surface area contributed by atoms with E-state index in [1.807, 2.05) is 0 Å². The van der Waals surface area contributed by atoms with E-state index in [1.165, 1.54) is 12.1 Å². The molecule has 6 N–H and O–H groups in total. The summed E-state index contributed by atoms with van der Waals surface area (Å²) in [6.45, 7) is 0. The second kappa shape index (κ2) is 5.07. The third-order valence-corrected chi connectivity index (χ3v) is 2.43. The van der Waals surface area contributed by atoms with Gasteiger partial charge in [-0.3, -0.25) is 5.73 Å². The van der Waals surface area contributed by atoms with Crippen LogP contribution in [0.15, 0.2) is 41.5 Å². The van der Waals surface area contributed by atoms with Gasteiger partial charge in [0.25, 0.3) is 0 Å². The third-order valence-electron chi connectivity index (χ3n) is 2.43. The van der Waals surface area contributed by atoms with Gasteiger partial charge in [-0.15, -0.1) is 12.4 Å². The summed E-state index contributed by atoms with van der Waals surface area (Å²) < 4.78 is 0. The first-order valence-electron chi connectivity index (χ1n) is 4.93. The van der Waals surface area contributed by atoms with Gasteiger partial charge in [0.2, 0.25) is 5.79 Å². The Morgan fingerprint density at radius 2 is 1.94 bits per heavy atom. The summed E-state index contributed by atoms with van der Waals surface area (Å²) in [6, 6.07) is 6.15. The molecule has 1 aromatic carbocycles. The van der Waals surface area contributed by atoms with Gasteiger partial charge in [-0.1, -0.05) is 12.1 Å². The number of aliphatic imine (C=N–C) groups is 1. The molecular weight excluding hydrogens is 256 g/mol. The molecule has 1 unspecified atom stereocenters. The Kier molecular flexibility index (Phi) is 3.95. The van der Waals surface area contributed by atoms with Crippen molar-refractivity contribution in [3.63, 3.8) is 0 Å². The fourth-order valence-electron chi connectivity index (χ4n) is 1.54. The van der Waals surface area contributed by atoms with E-state index in [0.29, 0.717) is 11.4 Å². The Hall–Kier alpha value is -2.05. The van der Waals surface area contributed by atoms with Crippen molar-refractivity contribution >= 4 is 24.2 Å². The van der Waals surface area contributed by atoms with Gasteiger partial charge in [0, 0.05) is 11.8 Å². The molecule has 0 bridgehead atoms. The topological polar surface area (TPSA) is 114 Å². The molecule has 7 heteroatoms. The van der Waals surface area contributed by atoms with Crippen LogP contribution in [-0.2, 0) is 5.79 Å². The Labute approximate surface area is 110 Å².